The Hall–Kier alpha value is -1.67. The number of ether oxygens (including phenoxy) is 1. The lowest BCUT2D eigenvalue weighted by molar-refractivity contribution is 0.0382. The molecule has 1 aliphatic heterocycles. The van der Waals surface area contributed by atoms with E-state index in [4.69, 9.17) is 20.8 Å². The number of amides is 1. The molecule has 2 aromatic rings. The van der Waals surface area contributed by atoms with Gasteiger partial charge in [0.15, 0.2) is 5.76 Å². The number of benzene rings is 1. The van der Waals surface area contributed by atoms with E-state index in [0.717, 1.165) is 32.8 Å². The molecule has 0 unspecified atom stereocenters. The van der Waals surface area contributed by atoms with E-state index in [9.17, 15) is 9.00 Å². The fraction of sp³-hybridized carbons (Fsp3) is 0.389. The molecule has 1 aromatic heterocycles. The largest absolute Gasteiger partial charge is 0.455 e. The van der Waals surface area contributed by atoms with Gasteiger partial charge in [0.25, 0.3) is 5.91 Å². The van der Waals surface area contributed by atoms with Gasteiger partial charge >= 0.3 is 0 Å². The molecular weight excluding hydrogens is 376 g/mol. The van der Waals surface area contributed by atoms with E-state index >= 15 is 0 Å². The van der Waals surface area contributed by atoms with Gasteiger partial charge in [-0.2, -0.15) is 0 Å². The first-order valence-electron chi connectivity index (χ1n) is 8.43. The van der Waals surface area contributed by atoms with Crippen molar-refractivity contribution >= 4 is 28.3 Å². The first-order valence-corrected chi connectivity index (χ1v) is 10.1. The normalized spacial score (nSPS) is 16.3. The molecular formula is C18H21ClN2O4S. The average Bonchev–Trinajstić information content (AvgIpc) is 3.11. The van der Waals surface area contributed by atoms with Crippen molar-refractivity contribution in [2.75, 3.05) is 39.4 Å². The van der Waals surface area contributed by atoms with Gasteiger partial charge in [-0.3, -0.25) is 13.9 Å². The summed E-state index contributed by atoms with van der Waals surface area (Å²) in [6, 6.07) is 10.2. The summed E-state index contributed by atoms with van der Waals surface area (Å²) >= 11 is 5.92. The van der Waals surface area contributed by atoms with Crippen LogP contribution in [0.2, 0.25) is 5.02 Å². The zero-order chi connectivity index (χ0) is 18.4. The minimum absolute atomic E-state index is 0.196. The van der Waals surface area contributed by atoms with Crippen molar-refractivity contribution in [1.29, 1.82) is 0 Å². The smallest absolute Gasteiger partial charge is 0.287 e. The summed E-state index contributed by atoms with van der Waals surface area (Å²) in [7, 11) is -1.28. The molecule has 0 radical (unpaired) electrons. The van der Waals surface area contributed by atoms with Gasteiger partial charge in [-0.25, -0.2) is 0 Å². The van der Waals surface area contributed by atoms with Crippen molar-refractivity contribution in [3.63, 3.8) is 0 Å². The van der Waals surface area contributed by atoms with Gasteiger partial charge in [-0.1, -0.05) is 17.7 Å². The second-order valence-electron chi connectivity index (χ2n) is 5.92. The summed E-state index contributed by atoms with van der Waals surface area (Å²) in [5.74, 6) is 0.659. The maximum absolute atomic E-state index is 12.4. The minimum Gasteiger partial charge on any atom is -0.455 e. The molecule has 1 N–H and O–H groups in total. The fourth-order valence-corrected chi connectivity index (χ4v) is 3.96. The Morgan fingerprint density at radius 1 is 1.23 bits per heavy atom. The lowest BCUT2D eigenvalue weighted by atomic mass is 10.4. The van der Waals surface area contributed by atoms with Gasteiger partial charge in [0.2, 0.25) is 0 Å². The third kappa shape index (κ3) is 5.41. The van der Waals surface area contributed by atoms with Crippen LogP contribution in [0, 0.1) is 0 Å². The lowest BCUT2D eigenvalue weighted by Gasteiger charge is -2.26. The van der Waals surface area contributed by atoms with Crippen LogP contribution in [-0.2, 0) is 21.3 Å². The summed E-state index contributed by atoms with van der Waals surface area (Å²) < 4.78 is 23.2. The Balaban J connectivity index is 1.48. The molecule has 0 bridgehead atoms. The SMILES string of the molecule is O=C(NCCN1CCOCC1)c1ccc(C[S@@](=O)c2cccc(Cl)c2)o1. The monoisotopic (exact) mass is 396 g/mol. The second kappa shape index (κ2) is 9.32. The second-order valence-corrected chi connectivity index (χ2v) is 7.81. The van der Waals surface area contributed by atoms with Crippen LogP contribution in [0.3, 0.4) is 0 Å². The third-order valence-corrected chi connectivity index (χ3v) is 5.60. The van der Waals surface area contributed by atoms with Gasteiger partial charge in [0, 0.05) is 36.1 Å². The van der Waals surface area contributed by atoms with Crippen LogP contribution in [0.25, 0.3) is 0 Å². The van der Waals surface area contributed by atoms with Crippen molar-refractivity contribution < 1.29 is 18.2 Å². The molecule has 2 heterocycles. The van der Waals surface area contributed by atoms with Crippen LogP contribution in [0.5, 0.6) is 0 Å². The molecule has 1 amide bonds. The van der Waals surface area contributed by atoms with Crippen molar-refractivity contribution in [1.82, 2.24) is 10.2 Å². The van der Waals surface area contributed by atoms with Crippen LogP contribution in [0.4, 0.5) is 0 Å². The van der Waals surface area contributed by atoms with Gasteiger partial charge in [-0.05, 0) is 30.3 Å². The summed E-state index contributed by atoms with van der Waals surface area (Å²) in [5, 5.41) is 3.38. The molecule has 1 atom stereocenters. The summed E-state index contributed by atoms with van der Waals surface area (Å²) in [4.78, 5) is 15.0. The Kier molecular flexibility index (Phi) is 6.85. The number of rotatable bonds is 7. The van der Waals surface area contributed by atoms with E-state index in [0.29, 0.717) is 22.2 Å². The van der Waals surface area contributed by atoms with E-state index in [1.807, 2.05) is 0 Å². The number of nitrogens with zero attached hydrogens (tertiary/aromatic N) is 1. The molecule has 140 valence electrons. The number of morpholine rings is 1. The molecule has 1 aliphatic rings. The predicted molar refractivity (Wildman–Crippen MR) is 99.9 cm³/mol. The molecule has 1 saturated heterocycles. The number of hydrogen-bond acceptors (Lipinski definition) is 5. The standard InChI is InChI=1S/C18H21ClN2O4S/c19-14-2-1-3-16(12-14)26(23)13-15-4-5-17(25-15)18(22)20-6-7-21-8-10-24-11-9-21/h1-5,12H,6-11,13H2,(H,20,22)/t26-/m1/s1. The lowest BCUT2D eigenvalue weighted by Crippen LogP contribution is -2.41. The molecule has 3 rings (SSSR count). The van der Waals surface area contributed by atoms with Gasteiger partial charge in [-0.15, -0.1) is 0 Å². The van der Waals surface area contributed by atoms with Gasteiger partial charge in [0.05, 0.1) is 29.8 Å². The van der Waals surface area contributed by atoms with Gasteiger partial charge < -0.3 is 14.5 Å². The van der Waals surface area contributed by atoms with E-state index in [-0.39, 0.29) is 17.4 Å². The zero-order valence-electron chi connectivity index (χ0n) is 14.3. The number of carbonyl (C=O) groups is 1. The molecule has 1 fully saturated rings. The maximum atomic E-state index is 12.4. The highest BCUT2D eigenvalue weighted by molar-refractivity contribution is 7.84. The number of halogens is 1. The third-order valence-electron chi connectivity index (χ3n) is 4.04. The topological polar surface area (TPSA) is 71.8 Å². The molecule has 6 nitrogen and oxygen atoms in total. The molecule has 26 heavy (non-hydrogen) atoms. The Bertz CT molecular complexity index is 774. The minimum atomic E-state index is -1.28. The van der Waals surface area contributed by atoms with Gasteiger partial charge in [0.1, 0.15) is 5.76 Å². The molecule has 0 aliphatic carbocycles. The molecule has 8 heteroatoms. The van der Waals surface area contributed by atoms with E-state index in [2.05, 4.69) is 10.2 Å². The summed E-state index contributed by atoms with van der Waals surface area (Å²) in [6.45, 7) is 4.56. The Morgan fingerprint density at radius 3 is 2.81 bits per heavy atom. The summed E-state index contributed by atoms with van der Waals surface area (Å²) in [5.41, 5.74) is 0. The van der Waals surface area contributed by atoms with Crippen molar-refractivity contribution in [3.8, 4) is 0 Å². The first-order chi connectivity index (χ1) is 12.6. The molecule has 0 saturated carbocycles. The highest BCUT2D eigenvalue weighted by Crippen LogP contribution is 2.18. The number of carbonyl (C=O) groups excluding carboxylic acids is 1. The van der Waals surface area contributed by atoms with Crippen molar-refractivity contribution in [3.05, 3.63) is 52.9 Å². The predicted octanol–water partition coefficient (Wildman–Crippen LogP) is 2.30. The summed E-state index contributed by atoms with van der Waals surface area (Å²) in [6.07, 6.45) is 0. The van der Waals surface area contributed by atoms with Crippen molar-refractivity contribution in [2.45, 2.75) is 10.6 Å². The van der Waals surface area contributed by atoms with E-state index in [1.165, 1.54) is 0 Å². The average molecular weight is 397 g/mol. The first kappa shape index (κ1) is 19.1. The quantitative estimate of drug-likeness (QED) is 0.777. The van der Waals surface area contributed by atoms with Crippen LogP contribution in [0.1, 0.15) is 16.3 Å². The molecule has 0 spiro atoms. The van der Waals surface area contributed by atoms with E-state index in [1.54, 1.807) is 36.4 Å². The highest BCUT2D eigenvalue weighted by Gasteiger charge is 2.15. The fourth-order valence-electron chi connectivity index (χ4n) is 2.64. The highest BCUT2D eigenvalue weighted by atomic mass is 35.5. The van der Waals surface area contributed by atoms with Crippen LogP contribution in [-0.4, -0.2) is 54.4 Å². The zero-order valence-corrected chi connectivity index (χ0v) is 15.9. The number of hydrogen-bond donors (Lipinski definition) is 1. The van der Waals surface area contributed by atoms with Crippen LogP contribution in [0.15, 0.2) is 45.7 Å². The number of nitrogens with one attached hydrogen (secondary N) is 1. The Labute approximate surface area is 159 Å². The Morgan fingerprint density at radius 2 is 2.04 bits per heavy atom. The van der Waals surface area contributed by atoms with E-state index < -0.39 is 10.8 Å². The van der Waals surface area contributed by atoms with Crippen LogP contribution < -0.4 is 5.32 Å². The maximum Gasteiger partial charge on any atom is 0.287 e. The van der Waals surface area contributed by atoms with Crippen LogP contribution >= 0.6 is 11.6 Å². The van der Waals surface area contributed by atoms with Crippen molar-refractivity contribution in [2.24, 2.45) is 0 Å². The molecule has 1 aromatic carbocycles. The number of furan rings is 1.